The Labute approximate surface area is 110 Å². The summed E-state index contributed by atoms with van der Waals surface area (Å²) in [5.74, 6) is -0.0625. The van der Waals surface area contributed by atoms with Gasteiger partial charge < -0.3 is 14.4 Å². The van der Waals surface area contributed by atoms with Crippen molar-refractivity contribution in [3.63, 3.8) is 0 Å². The van der Waals surface area contributed by atoms with Gasteiger partial charge in [0.05, 0.1) is 0 Å². The van der Waals surface area contributed by atoms with Crippen molar-refractivity contribution >= 4 is 17.5 Å². The molecule has 1 fully saturated rings. The van der Waals surface area contributed by atoms with E-state index in [1.54, 1.807) is 4.90 Å². The van der Waals surface area contributed by atoms with Crippen molar-refractivity contribution in [2.45, 2.75) is 6.54 Å². The van der Waals surface area contributed by atoms with Crippen molar-refractivity contribution in [1.82, 2.24) is 19.4 Å². The Hall–Kier alpha value is -1.40. The molecule has 18 heavy (non-hydrogen) atoms. The van der Waals surface area contributed by atoms with Gasteiger partial charge in [-0.15, -0.1) is 0 Å². The second kappa shape index (κ2) is 5.49. The van der Waals surface area contributed by atoms with Gasteiger partial charge in [-0.05, 0) is 7.05 Å². The quantitative estimate of drug-likeness (QED) is 0.739. The molecule has 6 nitrogen and oxygen atoms in total. The zero-order chi connectivity index (χ0) is 13.1. The highest BCUT2D eigenvalue weighted by atomic mass is 35.5. The fourth-order valence-corrected chi connectivity index (χ4v) is 2.01. The number of aromatic nitrogens is 2. The molecule has 0 spiro atoms. The molecule has 0 bridgehead atoms. The van der Waals surface area contributed by atoms with E-state index in [1.165, 1.54) is 17.0 Å². The van der Waals surface area contributed by atoms with Crippen molar-refractivity contribution in [2.24, 2.45) is 0 Å². The molecule has 0 aliphatic carbocycles. The van der Waals surface area contributed by atoms with Crippen molar-refractivity contribution in [1.29, 1.82) is 0 Å². The van der Waals surface area contributed by atoms with Crippen LogP contribution in [0.15, 0.2) is 17.2 Å². The predicted molar refractivity (Wildman–Crippen MR) is 67.6 cm³/mol. The number of nitrogens with zero attached hydrogens (tertiary/aromatic N) is 4. The van der Waals surface area contributed by atoms with E-state index in [0.29, 0.717) is 13.1 Å². The largest absolute Gasteiger partial charge is 0.339 e. The average molecular weight is 271 g/mol. The Kier molecular flexibility index (Phi) is 3.98. The van der Waals surface area contributed by atoms with Crippen LogP contribution in [0.4, 0.5) is 0 Å². The highest BCUT2D eigenvalue weighted by Crippen LogP contribution is 2.01. The lowest BCUT2D eigenvalue weighted by molar-refractivity contribution is -0.133. The second-order valence-corrected chi connectivity index (χ2v) is 4.69. The first-order valence-corrected chi connectivity index (χ1v) is 6.13. The fourth-order valence-electron chi connectivity index (χ4n) is 1.85. The minimum absolute atomic E-state index is 0.0186. The number of hydrogen-bond donors (Lipinski definition) is 0. The molecule has 98 valence electrons. The van der Waals surface area contributed by atoms with Gasteiger partial charge in [0.2, 0.25) is 5.91 Å². The molecular formula is C11H15ClN4O2. The van der Waals surface area contributed by atoms with E-state index in [-0.39, 0.29) is 17.6 Å². The van der Waals surface area contributed by atoms with E-state index < -0.39 is 5.56 Å². The Balaban J connectivity index is 2.03. The molecule has 1 amide bonds. The number of rotatable bonds is 2. The summed E-state index contributed by atoms with van der Waals surface area (Å²) in [6.45, 7) is 3.13. The minimum Gasteiger partial charge on any atom is -0.339 e. The highest BCUT2D eigenvalue weighted by molar-refractivity contribution is 6.29. The van der Waals surface area contributed by atoms with E-state index in [9.17, 15) is 9.59 Å². The van der Waals surface area contributed by atoms with Gasteiger partial charge in [-0.1, -0.05) is 11.6 Å². The summed E-state index contributed by atoms with van der Waals surface area (Å²) in [5.41, 5.74) is -0.429. The third-order valence-corrected chi connectivity index (χ3v) is 3.29. The molecule has 0 unspecified atom stereocenters. The fraction of sp³-hybridized carbons (Fsp3) is 0.545. The maximum Gasteiger partial charge on any atom is 0.288 e. The lowest BCUT2D eigenvalue weighted by Crippen LogP contribution is -2.48. The van der Waals surface area contributed by atoms with Gasteiger partial charge in [0.15, 0.2) is 5.15 Å². The molecule has 0 atom stereocenters. The molecule has 1 aromatic rings. The molecular weight excluding hydrogens is 256 g/mol. The smallest absolute Gasteiger partial charge is 0.288 e. The van der Waals surface area contributed by atoms with Crippen molar-refractivity contribution < 1.29 is 4.79 Å². The highest BCUT2D eigenvalue weighted by Gasteiger charge is 2.19. The molecule has 0 saturated carbocycles. The van der Waals surface area contributed by atoms with Crippen molar-refractivity contribution in [2.75, 3.05) is 33.2 Å². The summed E-state index contributed by atoms with van der Waals surface area (Å²) in [6, 6.07) is 0. The van der Waals surface area contributed by atoms with Crippen molar-refractivity contribution in [3.05, 3.63) is 27.9 Å². The lowest BCUT2D eigenvalue weighted by atomic mass is 10.3. The normalized spacial score (nSPS) is 16.9. The third-order valence-electron chi connectivity index (χ3n) is 3.03. The van der Waals surface area contributed by atoms with Gasteiger partial charge in [0.1, 0.15) is 6.54 Å². The van der Waals surface area contributed by atoms with Gasteiger partial charge in [-0.25, -0.2) is 4.98 Å². The molecule has 0 aromatic carbocycles. The van der Waals surface area contributed by atoms with E-state index >= 15 is 0 Å². The molecule has 1 aliphatic rings. The first kappa shape index (κ1) is 13.0. The number of hydrogen-bond acceptors (Lipinski definition) is 4. The van der Waals surface area contributed by atoms with Gasteiger partial charge in [-0.2, -0.15) is 0 Å². The Bertz CT molecular complexity index is 494. The maximum absolute atomic E-state index is 12.0. The van der Waals surface area contributed by atoms with Crippen LogP contribution in [0.3, 0.4) is 0 Å². The zero-order valence-corrected chi connectivity index (χ0v) is 10.9. The Morgan fingerprint density at radius 1 is 1.39 bits per heavy atom. The monoisotopic (exact) mass is 270 g/mol. The molecule has 0 radical (unpaired) electrons. The number of piperazine rings is 1. The maximum atomic E-state index is 12.0. The summed E-state index contributed by atoms with van der Waals surface area (Å²) in [7, 11) is 2.02. The second-order valence-electron chi connectivity index (χ2n) is 4.34. The van der Waals surface area contributed by atoms with Gasteiger partial charge in [-0.3, -0.25) is 9.59 Å². The first-order chi connectivity index (χ1) is 8.58. The van der Waals surface area contributed by atoms with Crippen LogP contribution in [-0.4, -0.2) is 58.5 Å². The van der Waals surface area contributed by atoms with Crippen LogP contribution in [0, 0.1) is 0 Å². The zero-order valence-electron chi connectivity index (χ0n) is 10.2. The van der Waals surface area contributed by atoms with Gasteiger partial charge >= 0.3 is 0 Å². The molecule has 0 N–H and O–H groups in total. The summed E-state index contributed by atoms with van der Waals surface area (Å²) in [6.07, 6.45) is 2.89. The number of carbonyl (C=O) groups is 1. The van der Waals surface area contributed by atoms with Crippen LogP contribution < -0.4 is 5.56 Å². The van der Waals surface area contributed by atoms with Crippen molar-refractivity contribution in [3.8, 4) is 0 Å². The van der Waals surface area contributed by atoms with E-state index in [1.807, 2.05) is 7.05 Å². The van der Waals surface area contributed by atoms with Crippen LogP contribution in [0.25, 0.3) is 0 Å². The van der Waals surface area contributed by atoms with Crippen LogP contribution in [-0.2, 0) is 11.3 Å². The average Bonchev–Trinajstić information content (AvgIpc) is 2.36. The molecule has 1 saturated heterocycles. The third kappa shape index (κ3) is 2.88. The summed E-state index contributed by atoms with van der Waals surface area (Å²) >= 11 is 5.63. The van der Waals surface area contributed by atoms with Crippen LogP contribution >= 0.6 is 11.6 Å². The standard InChI is InChI=1S/C11H15ClN4O2/c1-14-4-6-15(7-5-14)9(17)8-16-3-2-13-10(12)11(16)18/h2-3H,4-8H2,1H3. The molecule has 2 heterocycles. The lowest BCUT2D eigenvalue weighted by Gasteiger charge is -2.32. The molecule has 1 aromatic heterocycles. The summed E-state index contributed by atoms with van der Waals surface area (Å²) in [5, 5.41) is -0.108. The van der Waals surface area contributed by atoms with Crippen LogP contribution in [0.5, 0.6) is 0 Å². The number of carbonyl (C=O) groups excluding carboxylic acids is 1. The number of likely N-dealkylation sites (N-methyl/N-ethyl adjacent to an activating group) is 1. The van der Waals surface area contributed by atoms with E-state index in [2.05, 4.69) is 9.88 Å². The first-order valence-electron chi connectivity index (χ1n) is 5.75. The van der Waals surface area contributed by atoms with E-state index in [0.717, 1.165) is 13.1 Å². The predicted octanol–water partition coefficient (Wildman–Crippen LogP) is -0.329. The topological polar surface area (TPSA) is 58.4 Å². The molecule has 2 rings (SSSR count). The van der Waals surface area contributed by atoms with Crippen LogP contribution in [0.1, 0.15) is 0 Å². The Morgan fingerprint density at radius 2 is 2.06 bits per heavy atom. The number of halogens is 1. The Morgan fingerprint density at radius 3 is 2.72 bits per heavy atom. The number of amides is 1. The molecule has 1 aliphatic heterocycles. The van der Waals surface area contributed by atoms with E-state index in [4.69, 9.17) is 11.6 Å². The minimum atomic E-state index is -0.429. The summed E-state index contributed by atoms with van der Waals surface area (Å²) in [4.78, 5) is 31.3. The molecule has 7 heteroatoms. The van der Waals surface area contributed by atoms with Crippen LogP contribution in [0.2, 0.25) is 5.15 Å². The van der Waals surface area contributed by atoms with Gasteiger partial charge in [0, 0.05) is 38.6 Å². The summed E-state index contributed by atoms with van der Waals surface area (Å²) < 4.78 is 1.29. The SMILES string of the molecule is CN1CCN(C(=O)Cn2ccnc(Cl)c2=O)CC1. The van der Waals surface area contributed by atoms with Gasteiger partial charge in [0.25, 0.3) is 5.56 Å².